The van der Waals surface area contributed by atoms with Crippen molar-refractivity contribution < 1.29 is 19.1 Å². The number of nitrogens with one attached hydrogen (secondary N) is 1. The molecule has 1 amide bonds. The van der Waals surface area contributed by atoms with Crippen molar-refractivity contribution in [2.24, 2.45) is 0 Å². The van der Waals surface area contributed by atoms with Gasteiger partial charge >= 0.3 is 5.97 Å². The number of esters is 1. The van der Waals surface area contributed by atoms with Crippen LogP contribution in [0.25, 0.3) is 0 Å². The summed E-state index contributed by atoms with van der Waals surface area (Å²) in [6.45, 7) is 3.37. The summed E-state index contributed by atoms with van der Waals surface area (Å²) < 4.78 is 4.85. The predicted molar refractivity (Wildman–Crippen MR) is 84.6 cm³/mol. The second-order valence-electron chi connectivity index (χ2n) is 4.72. The summed E-state index contributed by atoms with van der Waals surface area (Å²) in [5.74, 6) is -1.15. The van der Waals surface area contributed by atoms with E-state index in [1.165, 1.54) is 19.1 Å². The Balaban J connectivity index is 2.18. The van der Waals surface area contributed by atoms with Crippen LogP contribution in [0.3, 0.4) is 0 Å². The van der Waals surface area contributed by atoms with Crippen molar-refractivity contribution in [3.05, 3.63) is 59.4 Å². The lowest BCUT2D eigenvalue weighted by molar-refractivity contribution is 0.0519. The van der Waals surface area contributed by atoms with Gasteiger partial charge in [0.1, 0.15) is 11.4 Å². The average Bonchev–Trinajstić information content (AvgIpc) is 2.55. The number of carbonyl (C=O) groups excluding carboxylic acids is 3. The minimum atomic E-state index is -0.583. The molecule has 0 aliphatic rings. The van der Waals surface area contributed by atoms with Crippen molar-refractivity contribution >= 4 is 23.3 Å². The smallest absolute Gasteiger partial charge is 0.356 e. The highest BCUT2D eigenvalue weighted by Crippen LogP contribution is 2.12. The van der Waals surface area contributed by atoms with Gasteiger partial charge in [0, 0.05) is 11.3 Å². The summed E-state index contributed by atoms with van der Waals surface area (Å²) in [6, 6.07) is 11.1. The van der Waals surface area contributed by atoms with Gasteiger partial charge in [-0.3, -0.25) is 9.59 Å². The van der Waals surface area contributed by atoms with Crippen LogP contribution in [0.4, 0.5) is 5.69 Å². The molecule has 0 bridgehead atoms. The Kier molecular flexibility index (Phi) is 5.19. The van der Waals surface area contributed by atoms with Gasteiger partial charge in [0.2, 0.25) is 0 Å². The van der Waals surface area contributed by atoms with E-state index in [4.69, 9.17) is 4.74 Å². The van der Waals surface area contributed by atoms with Gasteiger partial charge in [-0.2, -0.15) is 0 Å². The number of pyridine rings is 1. The molecular formula is C17H16N2O4. The molecule has 2 aromatic rings. The summed E-state index contributed by atoms with van der Waals surface area (Å²) >= 11 is 0. The van der Waals surface area contributed by atoms with E-state index in [0.717, 1.165) is 0 Å². The lowest BCUT2D eigenvalue weighted by atomic mass is 10.1. The fourth-order valence-electron chi connectivity index (χ4n) is 1.89. The van der Waals surface area contributed by atoms with Gasteiger partial charge in [0.05, 0.1) is 6.61 Å². The van der Waals surface area contributed by atoms with Gasteiger partial charge in [-0.1, -0.05) is 18.2 Å². The number of anilines is 1. The van der Waals surface area contributed by atoms with E-state index in [0.29, 0.717) is 11.3 Å². The third-order valence-electron chi connectivity index (χ3n) is 2.99. The average molecular weight is 312 g/mol. The Bertz CT molecular complexity index is 756. The van der Waals surface area contributed by atoms with Crippen molar-refractivity contribution in [2.75, 3.05) is 11.9 Å². The molecule has 1 aromatic heterocycles. The highest BCUT2D eigenvalue weighted by molar-refractivity contribution is 6.04. The van der Waals surface area contributed by atoms with Crippen molar-refractivity contribution in [1.29, 1.82) is 0 Å². The zero-order valence-electron chi connectivity index (χ0n) is 12.8. The maximum absolute atomic E-state index is 12.2. The molecule has 2 rings (SSSR count). The van der Waals surface area contributed by atoms with E-state index in [9.17, 15) is 14.4 Å². The van der Waals surface area contributed by atoms with Crippen LogP contribution in [-0.2, 0) is 4.74 Å². The maximum atomic E-state index is 12.2. The first kappa shape index (κ1) is 16.4. The van der Waals surface area contributed by atoms with Gasteiger partial charge in [0.25, 0.3) is 5.91 Å². The number of rotatable bonds is 5. The fourth-order valence-corrected chi connectivity index (χ4v) is 1.89. The third-order valence-corrected chi connectivity index (χ3v) is 2.99. The van der Waals surface area contributed by atoms with Gasteiger partial charge in [0.15, 0.2) is 5.78 Å². The normalized spacial score (nSPS) is 10.0. The molecule has 0 radical (unpaired) electrons. The molecule has 0 fully saturated rings. The molecule has 6 nitrogen and oxygen atoms in total. The van der Waals surface area contributed by atoms with Crippen molar-refractivity contribution in [1.82, 2.24) is 4.98 Å². The summed E-state index contributed by atoms with van der Waals surface area (Å²) in [5, 5.41) is 2.65. The number of nitrogens with zero attached hydrogens (tertiary/aromatic N) is 1. The van der Waals surface area contributed by atoms with Gasteiger partial charge in [-0.15, -0.1) is 0 Å². The highest BCUT2D eigenvalue weighted by Gasteiger charge is 2.13. The molecule has 0 unspecified atom stereocenters. The minimum absolute atomic E-state index is 0.0667. The molecule has 0 saturated carbocycles. The number of aromatic nitrogens is 1. The van der Waals surface area contributed by atoms with E-state index in [-0.39, 0.29) is 23.8 Å². The van der Waals surface area contributed by atoms with Crippen molar-refractivity contribution in [2.45, 2.75) is 13.8 Å². The maximum Gasteiger partial charge on any atom is 0.356 e. The Hall–Kier alpha value is -3.02. The minimum Gasteiger partial charge on any atom is -0.461 e. The number of ketones is 1. The van der Waals surface area contributed by atoms with E-state index < -0.39 is 11.9 Å². The van der Waals surface area contributed by atoms with Gasteiger partial charge in [-0.25, -0.2) is 9.78 Å². The number of benzene rings is 1. The van der Waals surface area contributed by atoms with E-state index in [1.807, 2.05) is 0 Å². The number of ether oxygens (including phenoxy) is 1. The molecule has 118 valence electrons. The quantitative estimate of drug-likeness (QED) is 0.677. The number of Topliss-reactive ketones (excluding diaryl/α,β-unsaturated/α-hetero) is 1. The van der Waals surface area contributed by atoms with Crippen molar-refractivity contribution in [3.63, 3.8) is 0 Å². The summed E-state index contributed by atoms with van der Waals surface area (Å²) in [5.41, 5.74) is 1.13. The van der Waals surface area contributed by atoms with Gasteiger partial charge in [-0.05, 0) is 38.1 Å². The lowest BCUT2D eigenvalue weighted by Gasteiger charge is -2.07. The first-order valence-electron chi connectivity index (χ1n) is 7.07. The Morgan fingerprint density at radius 2 is 1.78 bits per heavy atom. The van der Waals surface area contributed by atoms with E-state index >= 15 is 0 Å². The Morgan fingerprint density at radius 1 is 1.09 bits per heavy atom. The second kappa shape index (κ2) is 7.31. The van der Waals surface area contributed by atoms with Gasteiger partial charge < -0.3 is 10.1 Å². The summed E-state index contributed by atoms with van der Waals surface area (Å²) in [4.78, 5) is 39.2. The molecule has 0 aliphatic carbocycles. The molecule has 0 atom stereocenters. The molecule has 23 heavy (non-hydrogen) atoms. The van der Waals surface area contributed by atoms with Crippen LogP contribution in [-0.4, -0.2) is 29.3 Å². The Labute approximate surface area is 133 Å². The zero-order chi connectivity index (χ0) is 16.8. The lowest BCUT2D eigenvalue weighted by Crippen LogP contribution is -2.16. The molecule has 1 heterocycles. The number of amides is 1. The van der Waals surface area contributed by atoms with Crippen LogP contribution in [0, 0.1) is 0 Å². The number of hydrogen-bond donors (Lipinski definition) is 1. The first-order chi connectivity index (χ1) is 11.0. The van der Waals surface area contributed by atoms with Crippen LogP contribution >= 0.6 is 0 Å². The van der Waals surface area contributed by atoms with E-state index in [2.05, 4.69) is 10.3 Å². The standard InChI is InChI=1S/C17H16N2O4/c1-3-23-17(22)15-9-5-8-14(19-15)16(21)18-13-7-4-6-12(10-13)11(2)20/h4-10H,3H2,1-2H3,(H,18,21). The number of hydrogen-bond acceptors (Lipinski definition) is 5. The monoisotopic (exact) mass is 312 g/mol. The molecule has 1 N–H and O–H groups in total. The first-order valence-corrected chi connectivity index (χ1v) is 7.07. The molecule has 6 heteroatoms. The highest BCUT2D eigenvalue weighted by atomic mass is 16.5. The zero-order valence-corrected chi connectivity index (χ0v) is 12.8. The Morgan fingerprint density at radius 3 is 2.48 bits per heavy atom. The molecular weight excluding hydrogens is 296 g/mol. The largest absolute Gasteiger partial charge is 0.461 e. The predicted octanol–water partition coefficient (Wildman–Crippen LogP) is 2.71. The summed E-state index contributed by atoms with van der Waals surface area (Å²) in [6.07, 6.45) is 0. The second-order valence-corrected chi connectivity index (χ2v) is 4.72. The van der Waals surface area contributed by atoms with Crippen LogP contribution < -0.4 is 5.32 Å². The molecule has 0 spiro atoms. The molecule has 0 saturated heterocycles. The van der Waals surface area contributed by atoms with Crippen LogP contribution in [0.2, 0.25) is 0 Å². The van der Waals surface area contributed by atoms with Crippen LogP contribution in [0.15, 0.2) is 42.5 Å². The SMILES string of the molecule is CCOC(=O)c1cccc(C(=O)Nc2cccc(C(C)=O)c2)n1. The molecule has 0 aliphatic heterocycles. The van der Waals surface area contributed by atoms with Crippen LogP contribution in [0.5, 0.6) is 0 Å². The fraction of sp³-hybridized carbons (Fsp3) is 0.176. The van der Waals surface area contributed by atoms with E-state index in [1.54, 1.807) is 37.3 Å². The van der Waals surface area contributed by atoms with Crippen LogP contribution in [0.1, 0.15) is 45.2 Å². The summed E-state index contributed by atoms with van der Waals surface area (Å²) in [7, 11) is 0. The third kappa shape index (κ3) is 4.23. The molecule has 1 aromatic carbocycles. The number of carbonyl (C=O) groups is 3. The topological polar surface area (TPSA) is 85.4 Å². The van der Waals surface area contributed by atoms with Crippen molar-refractivity contribution in [3.8, 4) is 0 Å².